The van der Waals surface area contributed by atoms with Crippen LogP contribution >= 0.6 is 0 Å². The van der Waals surface area contributed by atoms with Crippen LogP contribution in [0.4, 0.5) is 65.9 Å². The van der Waals surface area contributed by atoms with E-state index >= 15 is 0 Å². The van der Waals surface area contributed by atoms with Crippen LogP contribution in [0.25, 0.3) is 0 Å². The van der Waals surface area contributed by atoms with Crippen LogP contribution < -0.4 is 0 Å². The summed E-state index contributed by atoms with van der Waals surface area (Å²) in [4.78, 5) is 0. The fourth-order valence-corrected chi connectivity index (χ4v) is 0.949. The largest absolute Gasteiger partial charge is 0.460 e. The normalized spacial score (nSPS) is 17.1. The topological polar surface area (TPSA) is 9.23 Å². The summed E-state index contributed by atoms with van der Waals surface area (Å²) >= 11 is 0. The number of hydrogen-bond acceptors (Lipinski definition) is 1. The Labute approximate surface area is 121 Å². The summed E-state index contributed by atoms with van der Waals surface area (Å²) in [7, 11) is 0. The summed E-state index contributed by atoms with van der Waals surface area (Å²) in [6.45, 7) is -3.77. The van der Waals surface area contributed by atoms with E-state index in [4.69, 9.17) is 0 Å². The van der Waals surface area contributed by atoms with Crippen molar-refractivity contribution < 1.29 is 70.6 Å². The predicted octanol–water partition coefficient (Wildman–Crippen LogP) is 4.96. The fourth-order valence-electron chi connectivity index (χ4n) is 0.949. The number of alkyl halides is 15. The van der Waals surface area contributed by atoms with Gasteiger partial charge in [-0.15, -0.1) is 0 Å². The molecule has 0 aliphatic rings. The zero-order chi connectivity index (χ0) is 20.0. The van der Waals surface area contributed by atoms with Crippen LogP contribution in [-0.4, -0.2) is 49.0 Å². The molecule has 0 saturated carbocycles. The van der Waals surface area contributed by atoms with E-state index in [9.17, 15) is 65.9 Å². The van der Waals surface area contributed by atoms with E-state index in [0.29, 0.717) is 0 Å². The third-order valence-corrected chi connectivity index (χ3v) is 2.24. The van der Waals surface area contributed by atoms with Gasteiger partial charge in [0, 0.05) is 0 Å². The lowest BCUT2D eigenvalue weighted by Crippen LogP contribution is -2.62. The Hall–Kier alpha value is -1.09. The van der Waals surface area contributed by atoms with Gasteiger partial charge in [0.2, 0.25) is 0 Å². The SMILES string of the molecule is FC(C(F)(F)F)C(F)(F)OCC(F)(F)C(F)(F)C(F)(F)C(F)(F)F. The molecule has 0 rings (SSSR count). The van der Waals surface area contributed by atoms with Gasteiger partial charge in [-0.05, 0) is 0 Å². The Morgan fingerprint density at radius 3 is 1.29 bits per heavy atom. The quantitative estimate of drug-likeness (QED) is 0.573. The second-order valence-electron chi connectivity index (χ2n) is 4.11. The molecule has 1 atom stereocenters. The Bertz CT molecular complexity index is 432. The van der Waals surface area contributed by atoms with Crippen molar-refractivity contribution in [2.75, 3.05) is 6.61 Å². The van der Waals surface area contributed by atoms with Crippen molar-refractivity contribution in [2.45, 2.75) is 42.4 Å². The van der Waals surface area contributed by atoms with Crippen LogP contribution in [-0.2, 0) is 4.74 Å². The molecular formula is C8H3F15O. The van der Waals surface area contributed by atoms with Crippen molar-refractivity contribution in [1.82, 2.24) is 0 Å². The fraction of sp³-hybridized carbons (Fsp3) is 1.00. The van der Waals surface area contributed by atoms with Crippen LogP contribution in [0, 0.1) is 0 Å². The van der Waals surface area contributed by atoms with Gasteiger partial charge >= 0.3 is 36.2 Å². The Kier molecular flexibility index (Phi) is 5.74. The molecule has 16 heteroatoms. The van der Waals surface area contributed by atoms with E-state index < -0.39 is 49.0 Å². The summed E-state index contributed by atoms with van der Waals surface area (Å²) in [5.41, 5.74) is 0. The molecule has 146 valence electrons. The molecular weight excluding hydrogens is 397 g/mol. The van der Waals surface area contributed by atoms with E-state index in [2.05, 4.69) is 4.74 Å². The van der Waals surface area contributed by atoms with Gasteiger partial charge in [-0.1, -0.05) is 0 Å². The van der Waals surface area contributed by atoms with Gasteiger partial charge in [-0.25, -0.2) is 4.39 Å². The molecule has 0 saturated heterocycles. The smallest absolute Gasteiger partial charge is 0.311 e. The van der Waals surface area contributed by atoms with Gasteiger partial charge in [0.15, 0.2) is 0 Å². The molecule has 0 aliphatic heterocycles. The monoisotopic (exact) mass is 400 g/mol. The Morgan fingerprint density at radius 1 is 0.625 bits per heavy atom. The first-order chi connectivity index (χ1) is 10.1. The number of hydrogen-bond donors (Lipinski definition) is 0. The van der Waals surface area contributed by atoms with Crippen molar-refractivity contribution in [2.24, 2.45) is 0 Å². The molecule has 0 aromatic heterocycles. The maximum Gasteiger partial charge on any atom is 0.460 e. The molecule has 0 amide bonds. The molecule has 1 unspecified atom stereocenters. The maximum atomic E-state index is 12.7. The minimum absolute atomic E-state index is 2.22. The predicted molar refractivity (Wildman–Crippen MR) is 42.7 cm³/mol. The van der Waals surface area contributed by atoms with Crippen LogP contribution in [0.15, 0.2) is 0 Å². The second-order valence-corrected chi connectivity index (χ2v) is 4.11. The van der Waals surface area contributed by atoms with Crippen LogP contribution in [0.5, 0.6) is 0 Å². The lowest BCUT2D eigenvalue weighted by Gasteiger charge is -2.34. The summed E-state index contributed by atoms with van der Waals surface area (Å²) in [6.07, 6.45) is -25.3. The molecule has 0 bridgehead atoms. The van der Waals surface area contributed by atoms with Crippen molar-refractivity contribution >= 4 is 0 Å². The van der Waals surface area contributed by atoms with E-state index in [1.54, 1.807) is 0 Å². The number of ether oxygens (including phenoxy) is 1. The summed E-state index contributed by atoms with van der Waals surface area (Å²) in [5.74, 6) is -21.6. The lowest BCUT2D eigenvalue weighted by molar-refractivity contribution is -0.412. The second kappa shape index (κ2) is 6.01. The molecule has 0 radical (unpaired) electrons. The Balaban J connectivity index is 5.43. The number of rotatable bonds is 6. The first kappa shape index (κ1) is 22.9. The lowest BCUT2D eigenvalue weighted by atomic mass is 10.0. The minimum Gasteiger partial charge on any atom is -0.311 e. The third kappa shape index (κ3) is 4.11. The highest BCUT2D eigenvalue weighted by molar-refractivity contribution is 5.00. The standard InChI is InChI=1S/C8H3F15O/c9-2(4(12,13)14)5(15,16)24-1-3(10,11)6(17,18)7(19,20)8(21,22)23/h2H,1H2. The highest BCUT2D eigenvalue weighted by atomic mass is 19.4. The molecule has 0 heterocycles. The summed E-state index contributed by atoms with van der Waals surface area (Å²) < 4.78 is 184. The Morgan fingerprint density at radius 2 is 1.00 bits per heavy atom. The molecule has 0 aromatic rings. The zero-order valence-electron chi connectivity index (χ0n) is 10.4. The first-order valence-electron chi connectivity index (χ1n) is 5.04. The molecule has 1 nitrogen and oxygen atoms in total. The van der Waals surface area contributed by atoms with E-state index in [1.807, 2.05) is 0 Å². The van der Waals surface area contributed by atoms with E-state index in [1.165, 1.54) is 0 Å². The first-order valence-corrected chi connectivity index (χ1v) is 5.04. The third-order valence-electron chi connectivity index (χ3n) is 2.24. The molecule has 24 heavy (non-hydrogen) atoms. The minimum atomic E-state index is -7.46. The van der Waals surface area contributed by atoms with Crippen LogP contribution in [0.2, 0.25) is 0 Å². The molecule has 0 aromatic carbocycles. The average Bonchev–Trinajstić information content (AvgIpc) is 2.32. The van der Waals surface area contributed by atoms with E-state index in [-0.39, 0.29) is 0 Å². The van der Waals surface area contributed by atoms with E-state index in [0.717, 1.165) is 0 Å². The molecule has 0 spiro atoms. The highest BCUT2D eigenvalue weighted by Crippen LogP contribution is 2.53. The highest BCUT2D eigenvalue weighted by Gasteiger charge is 2.82. The molecule has 0 fully saturated rings. The van der Waals surface area contributed by atoms with Gasteiger partial charge in [0.05, 0.1) is 0 Å². The molecule has 0 N–H and O–H groups in total. The summed E-state index contributed by atoms with van der Waals surface area (Å²) in [5, 5.41) is 0. The van der Waals surface area contributed by atoms with Gasteiger partial charge in [0.25, 0.3) is 6.17 Å². The van der Waals surface area contributed by atoms with Crippen LogP contribution in [0.1, 0.15) is 0 Å². The van der Waals surface area contributed by atoms with Gasteiger partial charge < -0.3 is 4.74 Å². The average molecular weight is 400 g/mol. The van der Waals surface area contributed by atoms with Crippen LogP contribution in [0.3, 0.4) is 0 Å². The van der Waals surface area contributed by atoms with Gasteiger partial charge in [0.1, 0.15) is 6.61 Å². The van der Waals surface area contributed by atoms with Gasteiger partial charge in [-0.3, -0.25) is 0 Å². The zero-order valence-corrected chi connectivity index (χ0v) is 10.4. The van der Waals surface area contributed by atoms with Crippen molar-refractivity contribution in [3.05, 3.63) is 0 Å². The summed E-state index contributed by atoms with van der Waals surface area (Å²) in [6, 6.07) is 0. The van der Waals surface area contributed by atoms with Crippen molar-refractivity contribution in [1.29, 1.82) is 0 Å². The van der Waals surface area contributed by atoms with Gasteiger partial charge in [-0.2, -0.15) is 61.5 Å². The van der Waals surface area contributed by atoms with Crippen molar-refractivity contribution in [3.63, 3.8) is 0 Å². The maximum absolute atomic E-state index is 12.7. The van der Waals surface area contributed by atoms with Crippen molar-refractivity contribution in [3.8, 4) is 0 Å². The molecule has 0 aliphatic carbocycles. The number of halogens is 15.